The Morgan fingerprint density at radius 2 is 2.06 bits per heavy atom. The van der Waals surface area contributed by atoms with Gasteiger partial charge in [0.1, 0.15) is 6.04 Å². The van der Waals surface area contributed by atoms with Crippen molar-refractivity contribution in [1.82, 2.24) is 0 Å². The molecule has 1 aliphatic rings. The van der Waals surface area contributed by atoms with Crippen molar-refractivity contribution >= 4 is 30.0 Å². The van der Waals surface area contributed by atoms with Crippen LogP contribution in [0.1, 0.15) is 5.56 Å². The van der Waals surface area contributed by atoms with Gasteiger partial charge in [-0.25, -0.2) is 0 Å². The number of carbonyl (C=O) groups is 1. The van der Waals surface area contributed by atoms with Crippen molar-refractivity contribution in [2.45, 2.75) is 12.5 Å². The zero-order chi connectivity index (χ0) is 11.7. The maximum atomic E-state index is 11.7. The Hall–Kier alpha value is -1.75. The molecule has 1 amide bonds. The Kier molecular flexibility index (Phi) is 3.96. The minimum atomic E-state index is -0.293. The number of hydrogen-bond acceptors (Lipinski definition) is 2. The molecule has 0 aliphatic carbocycles. The van der Waals surface area contributed by atoms with Crippen LogP contribution in [0.15, 0.2) is 29.3 Å². The first kappa shape index (κ1) is 13.3. The number of benzene rings is 1. The lowest BCUT2D eigenvalue weighted by molar-refractivity contribution is -0.118. The summed E-state index contributed by atoms with van der Waals surface area (Å²) in [5.74, 6) is -0.479. The summed E-state index contributed by atoms with van der Waals surface area (Å²) in [7, 11) is 1.87. The molecule has 1 atom stereocenters. The molecule has 2 rings (SSSR count). The van der Waals surface area contributed by atoms with E-state index >= 15 is 0 Å². The van der Waals surface area contributed by atoms with Gasteiger partial charge in [0.05, 0.1) is 0 Å². The number of guanidine groups is 1. The third kappa shape index (κ3) is 2.50. The Balaban J connectivity index is 0.00000144. The van der Waals surface area contributed by atoms with Crippen molar-refractivity contribution < 1.29 is 4.79 Å². The van der Waals surface area contributed by atoms with Gasteiger partial charge in [-0.1, -0.05) is 18.2 Å². The Morgan fingerprint density at radius 1 is 1.41 bits per heavy atom. The fourth-order valence-electron chi connectivity index (χ4n) is 2.00. The summed E-state index contributed by atoms with van der Waals surface area (Å²) in [6.45, 7) is 0. The van der Waals surface area contributed by atoms with Gasteiger partial charge < -0.3 is 16.4 Å². The van der Waals surface area contributed by atoms with Gasteiger partial charge in [-0.3, -0.25) is 4.79 Å². The quantitative estimate of drug-likeness (QED) is 0.557. The number of rotatable bonds is 1. The van der Waals surface area contributed by atoms with Gasteiger partial charge in [-0.05, 0) is 11.6 Å². The third-order valence-electron chi connectivity index (χ3n) is 2.78. The second-order valence-corrected chi connectivity index (χ2v) is 3.83. The van der Waals surface area contributed by atoms with Crippen molar-refractivity contribution in [2.24, 2.45) is 16.5 Å². The molecule has 0 aromatic heterocycles. The van der Waals surface area contributed by atoms with Crippen molar-refractivity contribution in [3.8, 4) is 0 Å². The summed E-state index contributed by atoms with van der Waals surface area (Å²) in [6.07, 6.45) is 0.655. The number of nitrogens with two attached hydrogens (primary N) is 2. The second-order valence-electron chi connectivity index (χ2n) is 3.83. The highest BCUT2D eigenvalue weighted by atomic mass is 35.5. The first-order valence-corrected chi connectivity index (χ1v) is 5.04. The van der Waals surface area contributed by atoms with Crippen LogP contribution in [-0.2, 0) is 11.2 Å². The molecule has 1 aromatic carbocycles. The van der Waals surface area contributed by atoms with E-state index in [-0.39, 0.29) is 30.3 Å². The van der Waals surface area contributed by atoms with Crippen LogP contribution in [0.3, 0.4) is 0 Å². The summed E-state index contributed by atoms with van der Waals surface area (Å²) in [5.41, 5.74) is 12.6. The van der Waals surface area contributed by atoms with E-state index in [0.717, 1.165) is 11.3 Å². The third-order valence-corrected chi connectivity index (χ3v) is 2.78. The first-order chi connectivity index (χ1) is 7.59. The molecule has 92 valence electrons. The highest BCUT2D eigenvalue weighted by Crippen LogP contribution is 2.30. The standard InChI is InChI=1S/C11H14N4O.ClH/c1-15-8-5-3-2-4-7(8)6-9(15)10(16)14-11(12)13;/h2-5,9H,6H2,1H3,(H4,12,13,14,16);1H/t9-;/m0./s1. The largest absolute Gasteiger partial charge is 0.370 e. The average Bonchev–Trinajstić information content (AvgIpc) is 2.56. The maximum Gasteiger partial charge on any atom is 0.271 e. The van der Waals surface area contributed by atoms with E-state index in [2.05, 4.69) is 4.99 Å². The molecular formula is C11H15ClN4O. The topological polar surface area (TPSA) is 84.7 Å². The second kappa shape index (κ2) is 5.05. The van der Waals surface area contributed by atoms with Crippen molar-refractivity contribution in [1.29, 1.82) is 0 Å². The summed E-state index contributed by atoms with van der Waals surface area (Å²) in [5, 5.41) is 0. The molecule has 6 heteroatoms. The van der Waals surface area contributed by atoms with Crippen molar-refractivity contribution in [3.63, 3.8) is 0 Å². The SMILES string of the molecule is CN1c2ccccc2C[C@H]1C(=O)N=C(N)N.Cl. The van der Waals surface area contributed by atoms with E-state index in [4.69, 9.17) is 11.5 Å². The predicted molar refractivity (Wildman–Crippen MR) is 70.4 cm³/mol. The van der Waals surface area contributed by atoms with Gasteiger partial charge in [-0.15, -0.1) is 12.4 Å². The molecule has 0 fully saturated rings. The van der Waals surface area contributed by atoms with Gasteiger partial charge in [0.15, 0.2) is 5.96 Å². The number of amides is 1. The van der Waals surface area contributed by atoms with Crippen LogP contribution >= 0.6 is 12.4 Å². The minimum Gasteiger partial charge on any atom is -0.370 e. The summed E-state index contributed by atoms with van der Waals surface area (Å²) < 4.78 is 0. The van der Waals surface area contributed by atoms with E-state index < -0.39 is 0 Å². The van der Waals surface area contributed by atoms with Gasteiger partial charge in [0, 0.05) is 19.2 Å². The molecule has 0 saturated carbocycles. The number of likely N-dealkylation sites (N-methyl/N-ethyl adjacent to an activating group) is 1. The van der Waals surface area contributed by atoms with E-state index in [1.165, 1.54) is 0 Å². The zero-order valence-corrected chi connectivity index (χ0v) is 10.3. The Labute approximate surface area is 106 Å². The lowest BCUT2D eigenvalue weighted by Gasteiger charge is -2.19. The van der Waals surface area contributed by atoms with E-state index in [0.29, 0.717) is 6.42 Å². The molecule has 0 unspecified atom stereocenters. The van der Waals surface area contributed by atoms with Crippen LogP contribution in [0.5, 0.6) is 0 Å². The lowest BCUT2D eigenvalue weighted by Crippen LogP contribution is -2.37. The predicted octanol–water partition coefficient (Wildman–Crippen LogP) is 0.269. The maximum absolute atomic E-state index is 11.7. The molecule has 0 radical (unpaired) electrons. The highest BCUT2D eigenvalue weighted by molar-refractivity contribution is 5.97. The number of aliphatic imine (C=N–C) groups is 1. The molecule has 1 aliphatic heterocycles. The van der Waals surface area contributed by atoms with Crippen LogP contribution < -0.4 is 16.4 Å². The van der Waals surface area contributed by atoms with Crippen LogP contribution in [0, 0.1) is 0 Å². The van der Waals surface area contributed by atoms with Crippen molar-refractivity contribution in [2.75, 3.05) is 11.9 Å². The molecule has 4 N–H and O–H groups in total. The molecule has 17 heavy (non-hydrogen) atoms. The summed E-state index contributed by atoms with van der Waals surface area (Å²) >= 11 is 0. The fourth-order valence-corrected chi connectivity index (χ4v) is 2.00. The Bertz CT molecular complexity index is 457. The summed E-state index contributed by atoms with van der Waals surface area (Å²) in [6, 6.07) is 7.61. The lowest BCUT2D eigenvalue weighted by atomic mass is 10.1. The van der Waals surface area contributed by atoms with Gasteiger partial charge in [0.25, 0.3) is 5.91 Å². The van der Waals surface area contributed by atoms with Crippen LogP contribution in [-0.4, -0.2) is 25.0 Å². The molecule has 0 spiro atoms. The number of fused-ring (bicyclic) bond motifs is 1. The zero-order valence-electron chi connectivity index (χ0n) is 9.46. The normalized spacial score (nSPS) is 17.0. The number of anilines is 1. The monoisotopic (exact) mass is 254 g/mol. The number of para-hydroxylation sites is 1. The fraction of sp³-hybridized carbons (Fsp3) is 0.273. The van der Waals surface area contributed by atoms with E-state index in [1.54, 1.807) is 0 Å². The minimum absolute atomic E-state index is 0. The first-order valence-electron chi connectivity index (χ1n) is 5.04. The molecule has 1 heterocycles. The number of nitrogens with zero attached hydrogens (tertiary/aromatic N) is 2. The highest BCUT2D eigenvalue weighted by Gasteiger charge is 2.31. The molecule has 0 saturated heterocycles. The molecule has 1 aromatic rings. The summed E-state index contributed by atoms with van der Waals surface area (Å²) in [4.78, 5) is 17.2. The molecule has 5 nitrogen and oxygen atoms in total. The number of halogens is 1. The van der Waals surface area contributed by atoms with Crippen molar-refractivity contribution in [3.05, 3.63) is 29.8 Å². The van der Waals surface area contributed by atoms with Crippen LogP contribution in [0.25, 0.3) is 0 Å². The number of carbonyl (C=O) groups excluding carboxylic acids is 1. The van der Waals surface area contributed by atoms with Gasteiger partial charge >= 0.3 is 0 Å². The molecule has 0 bridgehead atoms. The van der Waals surface area contributed by atoms with Gasteiger partial charge in [-0.2, -0.15) is 4.99 Å². The van der Waals surface area contributed by atoms with Gasteiger partial charge in [0.2, 0.25) is 0 Å². The van der Waals surface area contributed by atoms with E-state index in [9.17, 15) is 4.79 Å². The van der Waals surface area contributed by atoms with E-state index in [1.807, 2.05) is 36.2 Å². The molecular weight excluding hydrogens is 240 g/mol. The van der Waals surface area contributed by atoms with Crippen LogP contribution in [0.2, 0.25) is 0 Å². The Morgan fingerprint density at radius 3 is 2.65 bits per heavy atom. The van der Waals surface area contributed by atoms with Crippen LogP contribution in [0.4, 0.5) is 5.69 Å². The smallest absolute Gasteiger partial charge is 0.271 e. The average molecular weight is 255 g/mol. The number of hydrogen-bond donors (Lipinski definition) is 2.